The molecule has 0 amide bonds. The number of hydrogen-bond acceptors (Lipinski definition) is 5. The number of nitrogen functional groups attached to an aromatic ring is 1. The quantitative estimate of drug-likeness (QED) is 0.380. The van der Waals surface area contributed by atoms with Crippen LogP contribution in [0.5, 0.6) is 0 Å². The van der Waals surface area contributed by atoms with Gasteiger partial charge >= 0.3 is 5.97 Å². The van der Waals surface area contributed by atoms with Crippen LogP contribution in [-0.4, -0.2) is 24.9 Å². The van der Waals surface area contributed by atoms with E-state index in [2.05, 4.69) is 5.32 Å². The number of ether oxygens (including phenoxy) is 1. The Kier molecular flexibility index (Phi) is 4.56. The van der Waals surface area contributed by atoms with E-state index in [1.165, 1.54) is 7.11 Å². The summed E-state index contributed by atoms with van der Waals surface area (Å²) in [5, 5.41) is 2.85. The molecule has 2 aromatic carbocycles. The normalized spacial score (nSPS) is 11.5. The van der Waals surface area contributed by atoms with Crippen molar-refractivity contribution < 1.29 is 14.3 Å². The summed E-state index contributed by atoms with van der Waals surface area (Å²) in [4.78, 5) is 24.4. The topological polar surface area (TPSA) is 81.4 Å². The van der Waals surface area contributed by atoms with Gasteiger partial charge in [0, 0.05) is 5.56 Å². The van der Waals surface area contributed by atoms with E-state index in [-0.39, 0.29) is 5.78 Å². The first-order chi connectivity index (χ1) is 10.1. The number of hydrogen-bond donors (Lipinski definition) is 2. The van der Waals surface area contributed by atoms with E-state index in [1.54, 1.807) is 54.6 Å². The van der Waals surface area contributed by atoms with Gasteiger partial charge in [-0.3, -0.25) is 4.79 Å². The van der Waals surface area contributed by atoms with Gasteiger partial charge < -0.3 is 15.8 Å². The zero-order valence-corrected chi connectivity index (χ0v) is 11.6. The Labute approximate surface area is 122 Å². The fourth-order valence-corrected chi connectivity index (χ4v) is 1.90. The minimum absolute atomic E-state index is 0.370. The van der Waals surface area contributed by atoms with E-state index in [0.717, 1.165) is 0 Å². The number of nitrogens with one attached hydrogen (secondary N) is 1. The second-order valence-corrected chi connectivity index (χ2v) is 4.42. The summed E-state index contributed by atoms with van der Waals surface area (Å²) >= 11 is 0. The fraction of sp³-hybridized carbons (Fsp3) is 0.125. The van der Waals surface area contributed by atoms with Crippen molar-refractivity contribution in [1.29, 1.82) is 0 Å². The first-order valence-corrected chi connectivity index (χ1v) is 6.41. The maximum Gasteiger partial charge on any atom is 0.336 e. The molecule has 3 N–H and O–H groups in total. The van der Waals surface area contributed by atoms with Crippen molar-refractivity contribution in [2.45, 2.75) is 6.04 Å². The lowest BCUT2D eigenvalue weighted by molar-refractivity contribution is -0.140. The van der Waals surface area contributed by atoms with E-state index in [4.69, 9.17) is 10.5 Å². The monoisotopic (exact) mass is 284 g/mol. The van der Waals surface area contributed by atoms with Crippen molar-refractivity contribution in [2.75, 3.05) is 18.2 Å². The van der Waals surface area contributed by atoms with Crippen LogP contribution < -0.4 is 11.1 Å². The van der Waals surface area contributed by atoms with Gasteiger partial charge in [-0.05, 0) is 12.1 Å². The third-order valence-electron chi connectivity index (χ3n) is 3.02. The van der Waals surface area contributed by atoms with Gasteiger partial charge in [-0.25, -0.2) is 4.79 Å². The molecule has 0 heterocycles. The second kappa shape index (κ2) is 6.56. The highest BCUT2D eigenvalue weighted by Crippen LogP contribution is 2.19. The number of rotatable bonds is 5. The summed E-state index contributed by atoms with van der Waals surface area (Å²) in [5.74, 6) is -1.03. The summed E-state index contributed by atoms with van der Waals surface area (Å²) in [6.07, 6.45) is 0. The molecular weight excluding hydrogens is 268 g/mol. The molecule has 108 valence electrons. The molecule has 5 heteroatoms. The van der Waals surface area contributed by atoms with Crippen LogP contribution >= 0.6 is 0 Å². The van der Waals surface area contributed by atoms with E-state index in [9.17, 15) is 9.59 Å². The highest BCUT2D eigenvalue weighted by Gasteiger charge is 2.28. The standard InChI is InChI=1S/C16H16N2O3/c1-21-16(20)14(15(19)11-7-3-2-4-8-11)18-13-10-6-5-9-12(13)17/h2-10,14,18H,17H2,1H3. The lowest BCUT2D eigenvalue weighted by Crippen LogP contribution is -2.38. The van der Waals surface area contributed by atoms with Crippen LogP contribution in [0, 0.1) is 0 Å². The van der Waals surface area contributed by atoms with Crippen molar-refractivity contribution in [3.8, 4) is 0 Å². The number of carbonyl (C=O) groups excluding carboxylic acids is 2. The number of nitrogens with two attached hydrogens (primary N) is 1. The summed E-state index contributed by atoms with van der Waals surface area (Å²) in [7, 11) is 1.24. The molecular formula is C16H16N2O3. The average molecular weight is 284 g/mol. The summed E-state index contributed by atoms with van der Waals surface area (Å²) < 4.78 is 4.70. The number of para-hydroxylation sites is 2. The molecule has 0 radical (unpaired) electrons. The van der Waals surface area contributed by atoms with Gasteiger partial charge in [-0.2, -0.15) is 0 Å². The minimum Gasteiger partial charge on any atom is -0.467 e. The Hall–Kier alpha value is -2.82. The largest absolute Gasteiger partial charge is 0.467 e. The lowest BCUT2D eigenvalue weighted by atomic mass is 10.0. The molecule has 0 aliphatic rings. The molecule has 0 aliphatic heterocycles. The first kappa shape index (κ1) is 14.6. The van der Waals surface area contributed by atoms with Gasteiger partial charge in [0.15, 0.2) is 11.8 Å². The van der Waals surface area contributed by atoms with E-state index in [1.807, 2.05) is 0 Å². The Morgan fingerprint density at radius 3 is 2.29 bits per heavy atom. The molecule has 5 nitrogen and oxygen atoms in total. The predicted octanol–water partition coefficient (Wildman–Crippen LogP) is 2.11. The molecule has 1 unspecified atom stereocenters. The van der Waals surface area contributed by atoms with Gasteiger partial charge in [-0.15, -0.1) is 0 Å². The van der Waals surface area contributed by atoms with Crippen molar-refractivity contribution in [3.63, 3.8) is 0 Å². The minimum atomic E-state index is -1.14. The molecule has 0 fully saturated rings. The fourth-order valence-electron chi connectivity index (χ4n) is 1.90. The predicted molar refractivity (Wildman–Crippen MR) is 81.1 cm³/mol. The Morgan fingerprint density at radius 1 is 1.05 bits per heavy atom. The number of methoxy groups -OCH3 is 1. The SMILES string of the molecule is COC(=O)C(Nc1ccccc1N)C(=O)c1ccccc1. The van der Waals surface area contributed by atoms with Crippen LogP contribution in [0.15, 0.2) is 54.6 Å². The zero-order chi connectivity index (χ0) is 15.2. The summed E-state index contributed by atoms with van der Waals surface area (Å²) in [5.41, 5.74) is 7.21. The number of benzene rings is 2. The van der Waals surface area contributed by atoms with Gasteiger partial charge in [-0.1, -0.05) is 42.5 Å². The number of anilines is 2. The summed E-state index contributed by atoms with van der Waals surface area (Å²) in [6, 6.07) is 14.3. The van der Waals surface area contributed by atoms with E-state index < -0.39 is 12.0 Å². The molecule has 2 aromatic rings. The number of esters is 1. The molecule has 0 saturated heterocycles. The Bertz CT molecular complexity index is 641. The van der Waals surface area contributed by atoms with Gasteiger partial charge in [0.25, 0.3) is 0 Å². The number of Topliss-reactive ketones (excluding diaryl/α,β-unsaturated/α-hetero) is 1. The zero-order valence-electron chi connectivity index (χ0n) is 11.6. The van der Waals surface area contributed by atoms with Crippen molar-refractivity contribution in [2.24, 2.45) is 0 Å². The van der Waals surface area contributed by atoms with Crippen LogP contribution in [0.25, 0.3) is 0 Å². The maximum atomic E-state index is 12.5. The van der Waals surface area contributed by atoms with Crippen LogP contribution in [0.4, 0.5) is 11.4 Å². The number of ketones is 1. The third kappa shape index (κ3) is 3.39. The molecule has 21 heavy (non-hydrogen) atoms. The van der Waals surface area contributed by atoms with Crippen molar-refractivity contribution in [3.05, 3.63) is 60.2 Å². The molecule has 0 aromatic heterocycles. The molecule has 1 atom stereocenters. The van der Waals surface area contributed by atoms with Gasteiger partial charge in [0.2, 0.25) is 0 Å². The van der Waals surface area contributed by atoms with E-state index >= 15 is 0 Å². The first-order valence-electron chi connectivity index (χ1n) is 6.41. The lowest BCUT2D eigenvalue weighted by Gasteiger charge is -2.17. The third-order valence-corrected chi connectivity index (χ3v) is 3.02. The van der Waals surface area contributed by atoms with Gasteiger partial charge in [0.1, 0.15) is 0 Å². The molecule has 0 saturated carbocycles. The van der Waals surface area contributed by atoms with E-state index in [0.29, 0.717) is 16.9 Å². The smallest absolute Gasteiger partial charge is 0.336 e. The Balaban J connectivity index is 2.29. The van der Waals surface area contributed by atoms with Crippen molar-refractivity contribution >= 4 is 23.1 Å². The molecule has 2 rings (SSSR count). The van der Waals surface area contributed by atoms with Crippen LogP contribution in [0.2, 0.25) is 0 Å². The van der Waals surface area contributed by atoms with Crippen molar-refractivity contribution in [1.82, 2.24) is 0 Å². The van der Waals surface area contributed by atoms with Gasteiger partial charge in [0.05, 0.1) is 18.5 Å². The highest BCUT2D eigenvalue weighted by molar-refractivity contribution is 6.14. The Morgan fingerprint density at radius 2 is 1.67 bits per heavy atom. The van der Waals surface area contributed by atoms with Crippen LogP contribution in [0.3, 0.4) is 0 Å². The average Bonchev–Trinajstić information content (AvgIpc) is 2.53. The molecule has 0 bridgehead atoms. The van der Waals surface area contributed by atoms with Crippen LogP contribution in [0.1, 0.15) is 10.4 Å². The highest BCUT2D eigenvalue weighted by atomic mass is 16.5. The maximum absolute atomic E-state index is 12.5. The molecule has 0 aliphatic carbocycles. The van der Waals surface area contributed by atoms with Crippen LogP contribution in [-0.2, 0) is 9.53 Å². The second-order valence-electron chi connectivity index (χ2n) is 4.42. The summed E-state index contributed by atoms with van der Waals surface area (Å²) in [6.45, 7) is 0. The number of carbonyl (C=O) groups is 2. The molecule has 0 spiro atoms.